The van der Waals surface area contributed by atoms with Gasteiger partial charge in [0.25, 0.3) is 0 Å². The van der Waals surface area contributed by atoms with E-state index in [1.807, 2.05) is 0 Å². The van der Waals surface area contributed by atoms with E-state index in [-0.39, 0.29) is 10.8 Å². The number of nitrogens with zero attached hydrogens (tertiary/aromatic N) is 2. The van der Waals surface area contributed by atoms with Crippen LogP contribution in [0.4, 0.5) is 34.1 Å². The summed E-state index contributed by atoms with van der Waals surface area (Å²) >= 11 is 0. The van der Waals surface area contributed by atoms with E-state index < -0.39 is 0 Å². The largest absolute Gasteiger partial charge is 0.311 e. The molecule has 556 valence electrons. The van der Waals surface area contributed by atoms with Gasteiger partial charge in [-0.05, 0) is 228 Å². The first-order valence-corrected chi connectivity index (χ1v) is 42.7. The number of hydrogen-bond donors (Lipinski definition) is 0. The lowest BCUT2D eigenvalue weighted by Crippen LogP contribution is -2.25. The van der Waals surface area contributed by atoms with E-state index in [1.54, 1.807) is 22.3 Å². The van der Waals surface area contributed by atoms with Crippen molar-refractivity contribution in [2.45, 2.75) is 285 Å². The highest BCUT2D eigenvalue weighted by Gasteiger charge is 2.44. The molecule has 0 aliphatic heterocycles. The normalized spacial score (nSPS) is 13.1. The van der Waals surface area contributed by atoms with E-state index in [0.29, 0.717) is 5.92 Å². The Bertz CT molecular complexity index is 4200. The van der Waals surface area contributed by atoms with Gasteiger partial charge in [-0.3, -0.25) is 0 Å². The van der Waals surface area contributed by atoms with Crippen molar-refractivity contribution in [2.75, 3.05) is 9.80 Å². The van der Waals surface area contributed by atoms with Gasteiger partial charge in [-0.15, -0.1) is 0 Å². The molecule has 12 rings (SSSR count). The van der Waals surface area contributed by atoms with Crippen molar-refractivity contribution in [3.05, 3.63) is 275 Å². The molecule has 0 saturated carbocycles. The summed E-state index contributed by atoms with van der Waals surface area (Å²) in [6.45, 7) is 20.5. The standard InChI is InChI=1S/2C52H65N/c1-6-9-11-13-15-19-37-52(38-20-16-14-12-10-7-2)50-22-18-17-21-48(50)49-36-29-44(39-51(49)52)43-27-34-47(35-28-43)53(45-30-23-40(4)24-31-45)46-32-25-42(26-33-46)41(5)8-3;1-5-8-11-13-15-19-38-52(39-20-16-14-12-9-6-2)50-23-18-17-22-48(50)49-37-30-44(40-51(49)52)43-28-35-47(36-29-43)53(45-31-24-41(4)25-32-45)46-33-26-42(27-34-46)21-10-7-3/h17-18,21-36,39,41H,6-16,19-20,37-38H2,1-5H3;17-18,22-37,40H,5-16,19-21,38-39H2,1-4H3. The zero-order valence-electron chi connectivity index (χ0n) is 67.0. The molecular formula is C104H130N2. The predicted octanol–water partition coefficient (Wildman–Crippen LogP) is 32.7. The quantitative estimate of drug-likeness (QED) is 0.0353. The van der Waals surface area contributed by atoms with E-state index in [9.17, 15) is 0 Å². The van der Waals surface area contributed by atoms with Crippen LogP contribution in [0.15, 0.2) is 231 Å². The summed E-state index contributed by atoms with van der Waals surface area (Å²) in [4.78, 5) is 4.80. The number of unbranched alkanes of at least 4 members (excludes halogenated alkanes) is 21. The van der Waals surface area contributed by atoms with Gasteiger partial charge in [0.15, 0.2) is 0 Å². The Morgan fingerprint density at radius 2 is 0.547 bits per heavy atom. The van der Waals surface area contributed by atoms with Gasteiger partial charge in [-0.25, -0.2) is 0 Å². The molecule has 2 nitrogen and oxygen atoms in total. The van der Waals surface area contributed by atoms with Crippen LogP contribution in [0.2, 0.25) is 0 Å². The fourth-order valence-electron chi connectivity index (χ4n) is 17.7. The highest BCUT2D eigenvalue weighted by molar-refractivity contribution is 5.87. The summed E-state index contributed by atoms with van der Waals surface area (Å²) in [5.41, 5.74) is 30.1. The van der Waals surface area contributed by atoms with Gasteiger partial charge >= 0.3 is 0 Å². The minimum atomic E-state index is 0.0983. The lowest BCUT2D eigenvalue weighted by molar-refractivity contribution is 0.398. The Balaban J connectivity index is 0.000000212. The maximum Gasteiger partial charge on any atom is 0.0462 e. The highest BCUT2D eigenvalue weighted by Crippen LogP contribution is 2.57. The maximum atomic E-state index is 2.59. The Labute approximate surface area is 644 Å². The molecule has 2 heteroatoms. The summed E-state index contributed by atoms with van der Waals surface area (Å²) in [5.74, 6) is 0.562. The fourth-order valence-corrected chi connectivity index (χ4v) is 17.7. The highest BCUT2D eigenvalue weighted by atomic mass is 15.1. The molecular weight excluding hydrogens is 1280 g/mol. The Morgan fingerprint density at radius 1 is 0.264 bits per heavy atom. The van der Waals surface area contributed by atoms with Crippen molar-refractivity contribution in [1.82, 2.24) is 0 Å². The number of aryl methyl sites for hydroxylation is 3. The Morgan fingerprint density at radius 3 is 0.887 bits per heavy atom. The van der Waals surface area contributed by atoms with Crippen LogP contribution in [0.5, 0.6) is 0 Å². The monoisotopic (exact) mass is 1410 g/mol. The van der Waals surface area contributed by atoms with Gasteiger partial charge in [0, 0.05) is 45.0 Å². The van der Waals surface area contributed by atoms with Gasteiger partial charge in [-0.1, -0.05) is 366 Å². The summed E-state index contributed by atoms with van der Waals surface area (Å²) in [6, 6.07) is 88.6. The molecule has 10 aromatic rings. The van der Waals surface area contributed by atoms with Crippen LogP contribution < -0.4 is 9.80 Å². The lowest BCUT2D eigenvalue weighted by atomic mass is 9.70. The molecule has 0 heterocycles. The molecule has 106 heavy (non-hydrogen) atoms. The zero-order valence-corrected chi connectivity index (χ0v) is 67.0. The average Bonchev–Trinajstić information content (AvgIpc) is 1.57. The molecule has 0 N–H and O–H groups in total. The molecule has 0 amide bonds. The van der Waals surface area contributed by atoms with Crippen molar-refractivity contribution in [1.29, 1.82) is 0 Å². The van der Waals surface area contributed by atoms with Crippen LogP contribution in [0.3, 0.4) is 0 Å². The molecule has 1 atom stereocenters. The SMILES string of the molecule is CCCCCCCCC1(CCCCCCCC)c2ccccc2-c2ccc(-c3ccc(N(c4ccc(C)cc4)c4ccc(C(C)CC)cc4)cc3)cc21.CCCCCCCCC1(CCCCCCCC)c2ccccc2-c2ccc(-c3ccc(N(c4ccc(C)cc4)c4ccc(CCCC)cc4)cc3)cc21. The van der Waals surface area contributed by atoms with E-state index in [1.165, 1.54) is 294 Å². The third kappa shape index (κ3) is 19.6. The van der Waals surface area contributed by atoms with Gasteiger partial charge in [-0.2, -0.15) is 0 Å². The van der Waals surface area contributed by atoms with Gasteiger partial charge in [0.2, 0.25) is 0 Å². The number of benzene rings is 10. The topological polar surface area (TPSA) is 6.48 Å². The van der Waals surface area contributed by atoms with Gasteiger partial charge < -0.3 is 9.80 Å². The molecule has 0 aromatic heterocycles. The van der Waals surface area contributed by atoms with Gasteiger partial charge in [0.1, 0.15) is 0 Å². The smallest absolute Gasteiger partial charge is 0.0462 e. The predicted molar refractivity (Wildman–Crippen MR) is 464 cm³/mol. The van der Waals surface area contributed by atoms with E-state index in [4.69, 9.17) is 0 Å². The number of fused-ring (bicyclic) bond motifs is 6. The number of rotatable bonds is 41. The van der Waals surface area contributed by atoms with Crippen LogP contribution >= 0.6 is 0 Å². The second-order valence-electron chi connectivity index (χ2n) is 32.0. The van der Waals surface area contributed by atoms with Crippen molar-refractivity contribution < 1.29 is 0 Å². The first kappa shape index (κ1) is 78.9. The van der Waals surface area contributed by atoms with Crippen LogP contribution in [0, 0.1) is 13.8 Å². The molecule has 0 radical (unpaired) electrons. The summed E-state index contributed by atoms with van der Waals surface area (Å²) in [7, 11) is 0. The van der Waals surface area contributed by atoms with E-state index >= 15 is 0 Å². The van der Waals surface area contributed by atoms with E-state index in [2.05, 4.69) is 303 Å². The van der Waals surface area contributed by atoms with E-state index in [0.717, 1.165) is 12.8 Å². The molecule has 2 aliphatic carbocycles. The summed E-state index contributed by atoms with van der Waals surface area (Å²) in [6.07, 6.45) is 42.0. The fraction of sp³-hybridized carbons (Fsp3) is 0.423. The minimum absolute atomic E-state index is 0.0983. The Kier molecular flexibility index (Phi) is 29.9. The number of anilines is 6. The van der Waals surface area contributed by atoms with Crippen LogP contribution in [-0.4, -0.2) is 0 Å². The van der Waals surface area contributed by atoms with Gasteiger partial charge in [0.05, 0.1) is 0 Å². The van der Waals surface area contributed by atoms with Crippen LogP contribution in [-0.2, 0) is 17.3 Å². The molecule has 10 aromatic carbocycles. The number of hydrogen-bond acceptors (Lipinski definition) is 2. The average molecular weight is 1410 g/mol. The molecule has 0 spiro atoms. The summed E-state index contributed by atoms with van der Waals surface area (Å²) < 4.78 is 0. The molecule has 0 saturated heterocycles. The lowest BCUT2D eigenvalue weighted by Gasteiger charge is -2.33. The zero-order chi connectivity index (χ0) is 73.9. The van der Waals surface area contributed by atoms with Crippen molar-refractivity contribution in [2.24, 2.45) is 0 Å². The third-order valence-electron chi connectivity index (χ3n) is 24.2. The maximum absolute atomic E-state index is 2.59. The van der Waals surface area contributed by atoms with Crippen molar-refractivity contribution in [3.8, 4) is 44.5 Å². The third-order valence-corrected chi connectivity index (χ3v) is 24.2. The van der Waals surface area contributed by atoms with Crippen molar-refractivity contribution >= 4 is 34.1 Å². The first-order valence-electron chi connectivity index (χ1n) is 42.7. The van der Waals surface area contributed by atoms with Crippen molar-refractivity contribution in [3.63, 3.8) is 0 Å². The molecule has 0 fully saturated rings. The molecule has 0 bridgehead atoms. The first-order chi connectivity index (χ1) is 52.1. The molecule has 2 aliphatic rings. The van der Waals surface area contributed by atoms with Crippen LogP contribution in [0.25, 0.3) is 44.5 Å². The second kappa shape index (κ2) is 40.1. The molecule has 1 unspecified atom stereocenters. The minimum Gasteiger partial charge on any atom is -0.311 e. The Hall–Kier alpha value is -8.20. The van der Waals surface area contributed by atoms with Crippen LogP contribution in [0.1, 0.15) is 298 Å². The second-order valence-corrected chi connectivity index (χ2v) is 32.0. The summed E-state index contributed by atoms with van der Waals surface area (Å²) in [5, 5.41) is 0.